The van der Waals surface area contributed by atoms with Gasteiger partial charge in [-0.25, -0.2) is 4.39 Å². The molecule has 11 heteroatoms. The fourth-order valence-electron chi connectivity index (χ4n) is 3.70. The Balaban J connectivity index is 1.75. The first-order valence-corrected chi connectivity index (χ1v) is 11.0. The van der Waals surface area contributed by atoms with E-state index in [0.29, 0.717) is 11.1 Å². The highest BCUT2D eigenvalue weighted by Crippen LogP contribution is 2.36. The van der Waals surface area contributed by atoms with E-state index < -0.39 is 29.6 Å². The van der Waals surface area contributed by atoms with Gasteiger partial charge in [-0.15, -0.1) is 0 Å². The van der Waals surface area contributed by atoms with Crippen molar-refractivity contribution in [2.24, 2.45) is 0 Å². The Morgan fingerprint density at radius 1 is 1.22 bits per heavy atom. The molecule has 2 aromatic carbocycles. The van der Waals surface area contributed by atoms with Crippen LogP contribution in [0.1, 0.15) is 40.1 Å². The van der Waals surface area contributed by atoms with E-state index in [0.717, 1.165) is 6.20 Å². The molecular formula is C25H19ClF4N4O2. The first-order chi connectivity index (χ1) is 17.0. The lowest BCUT2D eigenvalue weighted by Gasteiger charge is -2.17. The van der Waals surface area contributed by atoms with Gasteiger partial charge in [0.25, 0.3) is 11.6 Å². The number of amides is 1. The van der Waals surface area contributed by atoms with Crippen molar-refractivity contribution in [3.05, 3.63) is 106 Å². The molecule has 2 N–H and O–H groups in total. The second-order valence-electron chi connectivity index (χ2n) is 8.02. The summed E-state index contributed by atoms with van der Waals surface area (Å²) in [6.07, 6.45) is -0.857. The third-order valence-corrected chi connectivity index (χ3v) is 5.76. The SMILES string of the molecule is C[C@H](NC(=O)c1cc(Cn2ccoc2=N)cc(-c2cccnc2C(F)(F)F)c1)c1ccc(F)c(Cl)c1. The van der Waals surface area contributed by atoms with E-state index in [1.54, 1.807) is 6.92 Å². The van der Waals surface area contributed by atoms with Crippen LogP contribution in [0.15, 0.2) is 71.6 Å². The molecule has 0 bridgehead atoms. The van der Waals surface area contributed by atoms with E-state index in [9.17, 15) is 22.4 Å². The maximum Gasteiger partial charge on any atom is 0.433 e. The second kappa shape index (κ2) is 9.98. The Morgan fingerprint density at radius 2 is 2.00 bits per heavy atom. The molecule has 0 aliphatic rings. The van der Waals surface area contributed by atoms with Gasteiger partial charge in [-0.1, -0.05) is 23.7 Å². The Bertz CT molecular complexity index is 1480. The molecule has 2 aromatic heterocycles. The first kappa shape index (κ1) is 25.2. The minimum Gasteiger partial charge on any atom is -0.432 e. The molecule has 0 fully saturated rings. The van der Waals surface area contributed by atoms with Crippen LogP contribution >= 0.6 is 11.6 Å². The highest BCUT2D eigenvalue weighted by molar-refractivity contribution is 6.30. The van der Waals surface area contributed by atoms with Gasteiger partial charge in [-0.3, -0.25) is 19.8 Å². The number of benzene rings is 2. The summed E-state index contributed by atoms with van der Waals surface area (Å²) in [5.74, 6) is -1.16. The lowest BCUT2D eigenvalue weighted by Crippen LogP contribution is -2.27. The van der Waals surface area contributed by atoms with E-state index >= 15 is 0 Å². The number of hydrogen-bond acceptors (Lipinski definition) is 4. The van der Waals surface area contributed by atoms with E-state index in [1.807, 2.05) is 0 Å². The molecule has 4 rings (SSSR count). The summed E-state index contributed by atoms with van der Waals surface area (Å²) in [5.41, 5.74) is -0.202. The fraction of sp³-hybridized carbons (Fsp3) is 0.160. The monoisotopic (exact) mass is 518 g/mol. The maximum absolute atomic E-state index is 13.7. The van der Waals surface area contributed by atoms with Gasteiger partial charge in [0.2, 0.25) is 0 Å². The summed E-state index contributed by atoms with van der Waals surface area (Å²) in [6.45, 7) is 1.75. The summed E-state index contributed by atoms with van der Waals surface area (Å²) >= 11 is 5.84. The molecule has 0 spiro atoms. The summed E-state index contributed by atoms with van der Waals surface area (Å²) in [7, 11) is 0. The second-order valence-corrected chi connectivity index (χ2v) is 8.43. The smallest absolute Gasteiger partial charge is 0.432 e. The fourth-order valence-corrected chi connectivity index (χ4v) is 3.89. The van der Waals surface area contributed by atoms with Crippen LogP contribution in [0.3, 0.4) is 0 Å². The minimum absolute atomic E-state index is 0.0776. The molecule has 2 heterocycles. The van der Waals surface area contributed by atoms with Crippen LogP contribution in [0.2, 0.25) is 5.02 Å². The molecule has 6 nitrogen and oxygen atoms in total. The van der Waals surface area contributed by atoms with E-state index in [1.165, 1.54) is 65.6 Å². The average Bonchev–Trinajstić information content (AvgIpc) is 3.24. The zero-order chi connectivity index (χ0) is 26.0. The van der Waals surface area contributed by atoms with Crippen molar-refractivity contribution in [1.29, 1.82) is 5.41 Å². The van der Waals surface area contributed by atoms with Crippen LogP contribution in [0, 0.1) is 11.2 Å². The molecule has 0 aliphatic carbocycles. The van der Waals surface area contributed by atoms with Crippen LogP contribution in [0.25, 0.3) is 11.1 Å². The van der Waals surface area contributed by atoms with Crippen LogP contribution < -0.4 is 11.0 Å². The molecule has 0 radical (unpaired) electrons. The number of alkyl halides is 3. The number of halogens is 5. The van der Waals surface area contributed by atoms with Crippen molar-refractivity contribution in [3.63, 3.8) is 0 Å². The Labute approximate surface area is 207 Å². The van der Waals surface area contributed by atoms with Gasteiger partial charge >= 0.3 is 6.18 Å². The van der Waals surface area contributed by atoms with Crippen molar-refractivity contribution in [2.45, 2.75) is 25.7 Å². The topological polar surface area (TPSA) is 83.9 Å². The summed E-state index contributed by atoms with van der Waals surface area (Å²) in [6, 6.07) is 10.5. The van der Waals surface area contributed by atoms with Gasteiger partial charge in [0.15, 0.2) is 5.69 Å². The molecular weight excluding hydrogens is 500 g/mol. The van der Waals surface area contributed by atoms with Crippen LogP contribution in [-0.4, -0.2) is 15.5 Å². The zero-order valence-electron chi connectivity index (χ0n) is 18.7. The normalized spacial score (nSPS) is 12.4. The number of nitrogens with one attached hydrogen (secondary N) is 2. The van der Waals surface area contributed by atoms with Gasteiger partial charge in [0.05, 0.1) is 17.6 Å². The molecule has 4 aromatic rings. The minimum atomic E-state index is -4.71. The van der Waals surface area contributed by atoms with Crippen molar-refractivity contribution in [1.82, 2.24) is 14.9 Å². The van der Waals surface area contributed by atoms with Crippen LogP contribution in [0.4, 0.5) is 17.6 Å². The van der Waals surface area contributed by atoms with E-state index in [2.05, 4.69) is 10.3 Å². The molecule has 1 atom stereocenters. The number of carbonyl (C=O) groups is 1. The van der Waals surface area contributed by atoms with Gasteiger partial charge in [-0.05, 0) is 60.0 Å². The van der Waals surface area contributed by atoms with Crippen molar-refractivity contribution < 1.29 is 26.8 Å². The van der Waals surface area contributed by atoms with E-state index in [4.69, 9.17) is 21.4 Å². The third-order valence-electron chi connectivity index (χ3n) is 5.47. The molecule has 186 valence electrons. The molecule has 0 aliphatic heterocycles. The van der Waals surface area contributed by atoms with E-state index in [-0.39, 0.29) is 33.9 Å². The standard InChI is InChI=1S/C25H19ClF4N4O2/c1-14(16-4-5-21(27)20(26)12-16)33-23(35)18-10-15(13-34-7-8-36-24(34)31)9-17(11-18)19-3-2-6-32-22(19)25(28,29)30/h2-12,14,31H,13H2,1H3,(H,33,35)/t14-/m0/s1. The van der Waals surface area contributed by atoms with Gasteiger partial charge < -0.3 is 9.73 Å². The number of carbonyl (C=O) groups excluding carboxylic acids is 1. The lowest BCUT2D eigenvalue weighted by atomic mass is 9.97. The number of oxazole rings is 1. The Kier molecular flexibility index (Phi) is 6.98. The van der Waals surface area contributed by atoms with Crippen LogP contribution in [-0.2, 0) is 12.7 Å². The molecule has 1 amide bonds. The predicted octanol–water partition coefficient (Wildman–Crippen LogP) is 5.97. The zero-order valence-corrected chi connectivity index (χ0v) is 19.5. The summed E-state index contributed by atoms with van der Waals surface area (Å²) in [5, 5.41) is 10.5. The van der Waals surface area contributed by atoms with Crippen molar-refractivity contribution in [2.75, 3.05) is 0 Å². The predicted molar refractivity (Wildman–Crippen MR) is 124 cm³/mol. The lowest BCUT2D eigenvalue weighted by molar-refractivity contribution is -0.140. The number of nitrogens with zero attached hydrogens (tertiary/aromatic N) is 2. The summed E-state index contributed by atoms with van der Waals surface area (Å²) < 4.78 is 60.9. The molecule has 0 unspecified atom stereocenters. The maximum atomic E-state index is 13.7. The van der Waals surface area contributed by atoms with Crippen molar-refractivity contribution in [3.8, 4) is 11.1 Å². The number of hydrogen-bond donors (Lipinski definition) is 2. The first-order valence-electron chi connectivity index (χ1n) is 10.6. The molecule has 36 heavy (non-hydrogen) atoms. The number of aromatic nitrogens is 2. The summed E-state index contributed by atoms with van der Waals surface area (Å²) in [4.78, 5) is 16.7. The highest BCUT2D eigenvalue weighted by atomic mass is 35.5. The quantitative estimate of drug-likeness (QED) is 0.308. The molecule has 0 saturated carbocycles. The number of pyridine rings is 1. The largest absolute Gasteiger partial charge is 0.433 e. The highest BCUT2D eigenvalue weighted by Gasteiger charge is 2.35. The van der Waals surface area contributed by atoms with Crippen molar-refractivity contribution >= 4 is 17.5 Å². The third kappa shape index (κ3) is 5.49. The average molecular weight is 519 g/mol. The van der Waals surface area contributed by atoms with Crippen LogP contribution in [0.5, 0.6) is 0 Å². The van der Waals surface area contributed by atoms with Gasteiger partial charge in [0.1, 0.15) is 12.1 Å². The van der Waals surface area contributed by atoms with Gasteiger partial charge in [0, 0.05) is 23.5 Å². The van der Waals surface area contributed by atoms with Gasteiger partial charge in [-0.2, -0.15) is 13.2 Å². The Morgan fingerprint density at radius 3 is 2.67 bits per heavy atom. The Hall–Kier alpha value is -3.92. The molecule has 0 saturated heterocycles. The number of rotatable bonds is 6.